The number of β-amino-alcohol motifs (C(OH)–C–C–N with tert-alkyl or cyclic N) is 1. The van der Waals surface area contributed by atoms with E-state index in [1.165, 1.54) is 35.0 Å². The zero-order valence-electron chi connectivity index (χ0n) is 36.3. The lowest BCUT2D eigenvalue weighted by Crippen LogP contribution is -2.49. The third kappa shape index (κ3) is 13.9. The Bertz CT molecular complexity index is 2400. The van der Waals surface area contributed by atoms with Gasteiger partial charge in [-0.1, -0.05) is 66.2 Å². The molecular formula is C49H54ClF4N5O4S3. The number of nitrogens with zero attached hydrogens (tertiary/aromatic N) is 3. The molecule has 17 heteroatoms. The fourth-order valence-electron chi connectivity index (χ4n) is 8.37. The second-order valence-electron chi connectivity index (χ2n) is 16.6. The normalized spacial score (nSPS) is 17.2. The van der Waals surface area contributed by atoms with E-state index in [-0.39, 0.29) is 28.7 Å². The summed E-state index contributed by atoms with van der Waals surface area (Å²) in [6.45, 7) is 4.40. The third-order valence-corrected chi connectivity index (χ3v) is 15.6. The van der Waals surface area contributed by atoms with E-state index in [0.717, 1.165) is 54.6 Å². The standard InChI is InChI=1S/C49H54ClF4N5O4S3/c50-39-14-10-36(11-15-39)45-9-5-4-6-38(45)30-35-20-24-59(25-21-35)41-16-12-37(13-17-41)48(61)56-66(63)44-18-19-46(47(31-44)65(62)49(52,53)54)55-40(34-64-43-7-2-1-3-8-43)22-23-57-26-28-58(29-27-57)33-42(60)32-51/h1-19,31,35,40,42,55,60H,20-30,32-34H2,(H,56,61). The molecule has 352 valence electrons. The number of thioether (sulfide) groups is 1. The summed E-state index contributed by atoms with van der Waals surface area (Å²) >= 11 is 7.67. The zero-order valence-corrected chi connectivity index (χ0v) is 39.5. The maximum Gasteiger partial charge on any atom is 0.475 e. The Labute approximate surface area is 398 Å². The second kappa shape index (κ2) is 23.6. The number of benzene rings is 5. The van der Waals surface area contributed by atoms with Crippen LogP contribution >= 0.6 is 23.4 Å². The highest BCUT2D eigenvalue weighted by Gasteiger charge is 2.40. The van der Waals surface area contributed by atoms with Crippen LogP contribution in [0.5, 0.6) is 0 Å². The van der Waals surface area contributed by atoms with Crippen molar-refractivity contribution in [3.63, 3.8) is 0 Å². The smallest absolute Gasteiger partial charge is 0.389 e. The molecule has 0 saturated carbocycles. The van der Waals surface area contributed by atoms with Crippen LogP contribution in [-0.4, -0.2) is 112 Å². The lowest BCUT2D eigenvalue weighted by molar-refractivity contribution is -0.0384. The largest absolute Gasteiger partial charge is 0.475 e. The van der Waals surface area contributed by atoms with Crippen molar-refractivity contribution in [2.75, 3.05) is 75.0 Å². The number of halogens is 5. The van der Waals surface area contributed by atoms with Crippen LogP contribution in [0.4, 0.5) is 28.9 Å². The molecule has 4 unspecified atom stereocenters. The monoisotopic (exact) mass is 983 g/mol. The van der Waals surface area contributed by atoms with Crippen molar-refractivity contribution in [1.29, 1.82) is 0 Å². The van der Waals surface area contributed by atoms with Crippen LogP contribution < -0.4 is 14.9 Å². The number of alkyl halides is 4. The van der Waals surface area contributed by atoms with E-state index in [4.69, 9.17) is 11.6 Å². The highest BCUT2D eigenvalue weighted by atomic mass is 35.5. The average molecular weight is 985 g/mol. The Hall–Kier alpha value is -4.29. The number of piperazine rings is 1. The van der Waals surface area contributed by atoms with Gasteiger partial charge in [-0.2, -0.15) is 13.2 Å². The number of rotatable bonds is 19. The highest BCUT2D eigenvalue weighted by molar-refractivity contribution is 7.99. The molecule has 1 amide bonds. The van der Waals surface area contributed by atoms with Gasteiger partial charge >= 0.3 is 5.51 Å². The van der Waals surface area contributed by atoms with Crippen molar-refractivity contribution in [2.45, 2.75) is 58.0 Å². The Morgan fingerprint density at radius 1 is 0.833 bits per heavy atom. The Kier molecular flexibility index (Phi) is 17.8. The minimum Gasteiger partial charge on any atom is -0.389 e. The summed E-state index contributed by atoms with van der Waals surface area (Å²) in [6, 6.07) is 36.2. The van der Waals surface area contributed by atoms with Crippen molar-refractivity contribution in [3.8, 4) is 11.1 Å². The molecule has 4 atom stereocenters. The number of piperidine rings is 1. The van der Waals surface area contributed by atoms with Gasteiger partial charge in [-0.25, -0.2) is 12.8 Å². The van der Waals surface area contributed by atoms with Crippen LogP contribution in [0, 0.1) is 5.92 Å². The number of aliphatic hydroxyl groups is 1. The molecule has 0 bridgehead atoms. The molecule has 0 aromatic heterocycles. The number of nitrogens with one attached hydrogen (secondary N) is 2. The van der Waals surface area contributed by atoms with Gasteiger partial charge in [-0.3, -0.25) is 14.4 Å². The molecule has 2 fully saturated rings. The zero-order chi connectivity index (χ0) is 46.6. The van der Waals surface area contributed by atoms with Crippen LogP contribution in [0.1, 0.15) is 35.2 Å². The first-order valence-electron chi connectivity index (χ1n) is 22.0. The number of carbonyl (C=O) groups excluding carboxylic acids is 1. The maximum absolute atomic E-state index is 14.1. The van der Waals surface area contributed by atoms with Gasteiger partial charge in [0.1, 0.15) is 6.67 Å². The SMILES string of the molecule is O=C(NS(=O)c1ccc(NC(CCN2CCN(CC(O)CF)CC2)CSc2ccccc2)c(S(=O)C(F)(F)F)c1)c1ccc(N2CCC(Cc3ccccc3-c3ccc(Cl)cc3)CC2)cc1. The Morgan fingerprint density at radius 2 is 1.50 bits per heavy atom. The molecule has 66 heavy (non-hydrogen) atoms. The predicted octanol–water partition coefficient (Wildman–Crippen LogP) is 9.46. The molecule has 5 aromatic rings. The molecule has 2 aliphatic heterocycles. The van der Waals surface area contributed by atoms with Gasteiger partial charge in [-0.15, -0.1) is 11.8 Å². The van der Waals surface area contributed by atoms with Crippen LogP contribution in [0.3, 0.4) is 0 Å². The van der Waals surface area contributed by atoms with E-state index in [2.05, 4.69) is 44.1 Å². The van der Waals surface area contributed by atoms with E-state index in [0.29, 0.717) is 55.8 Å². The van der Waals surface area contributed by atoms with E-state index < -0.39 is 50.9 Å². The van der Waals surface area contributed by atoms with Gasteiger partial charge in [0.05, 0.1) is 21.6 Å². The molecule has 2 saturated heterocycles. The van der Waals surface area contributed by atoms with Gasteiger partial charge in [-0.05, 0) is 115 Å². The Balaban J connectivity index is 0.969. The van der Waals surface area contributed by atoms with Crippen LogP contribution in [0.15, 0.2) is 136 Å². The number of hydrogen-bond donors (Lipinski definition) is 3. The van der Waals surface area contributed by atoms with E-state index >= 15 is 0 Å². The summed E-state index contributed by atoms with van der Waals surface area (Å²) in [5.41, 5.74) is -0.290. The third-order valence-electron chi connectivity index (χ3n) is 12.0. The fraction of sp³-hybridized carbons (Fsp3) is 0.367. The molecule has 9 nitrogen and oxygen atoms in total. The topological polar surface area (TPSA) is 105 Å². The summed E-state index contributed by atoms with van der Waals surface area (Å²) in [5, 5.41) is 13.7. The van der Waals surface area contributed by atoms with Crippen LogP contribution in [-0.2, 0) is 28.2 Å². The van der Waals surface area contributed by atoms with Gasteiger partial charge in [0.2, 0.25) is 0 Å². The molecule has 3 N–H and O–H groups in total. The van der Waals surface area contributed by atoms with E-state index in [9.17, 15) is 35.9 Å². The van der Waals surface area contributed by atoms with Crippen molar-refractivity contribution in [2.24, 2.45) is 5.92 Å². The summed E-state index contributed by atoms with van der Waals surface area (Å²) in [5.74, 6) is 0.312. The molecule has 5 aromatic carbocycles. The average Bonchev–Trinajstić information content (AvgIpc) is 3.33. The number of anilines is 2. The molecule has 2 heterocycles. The Morgan fingerprint density at radius 3 is 2.18 bits per heavy atom. The van der Waals surface area contributed by atoms with Crippen molar-refractivity contribution < 1.29 is 35.9 Å². The van der Waals surface area contributed by atoms with Gasteiger partial charge in [0.15, 0.2) is 21.8 Å². The van der Waals surface area contributed by atoms with E-state index in [1.54, 1.807) is 12.1 Å². The minimum absolute atomic E-state index is 0.0104. The van der Waals surface area contributed by atoms with Crippen LogP contribution in [0.25, 0.3) is 11.1 Å². The number of carbonyl (C=O) groups is 1. The van der Waals surface area contributed by atoms with E-state index in [1.807, 2.05) is 71.6 Å². The maximum atomic E-state index is 14.1. The summed E-state index contributed by atoms with van der Waals surface area (Å²) < 4.78 is 84.2. The van der Waals surface area contributed by atoms with Crippen molar-refractivity contribution in [1.82, 2.24) is 14.5 Å². The number of aliphatic hydroxyl groups excluding tert-OH is 1. The minimum atomic E-state index is -5.11. The van der Waals surface area contributed by atoms with Gasteiger partial charge in [0.25, 0.3) is 5.91 Å². The second-order valence-corrected chi connectivity index (χ2v) is 20.8. The molecular weight excluding hydrogens is 930 g/mol. The molecule has 0 spiro atoms. The first-order valence-corrected chi connectivity index (χ1v) is 25.7. The number of amides is 1. The summed E-state index contributed by atoms with van der Waals surface area (Å²) in [7, 11) is -5.75. The van der Waals surface area contributed by atoms with Gasteiger partial charge < -0.3 is 20.2 Å². The summed E-state index contributed by atoms with van der Waals surface area (Å²) in [4.78, 5) is 20.1. The molecule has 7 rings (SSSR count). The predicted molar refractivity (Wildman–Crippen MR) is 259 cm³/mol. The molecule has 0 aliphatic carbocycles. The summed E-state index contributed by atoms with van der Waals surface area (Å²) in [6.07, 6.45) is 2.45. The van der Waals surface area contributed by atoms with Crippen LogP contribution in [0.2, 0.25) is 5.02 Å². The van der Waals surface area contributed by atoms with Crippen molar-refractivity contribution >= 4 is 62.4 Å². The van der Waals surface area contributed by atoms with Gasteiger partial charge in [0, 0.05) is 85.3 Å². The lowest BCUT2D eigenvalue weighted by Gasteiger charge is -2.36. The number of hydrogen-bond acceptors (Lipinski definition) is 9. The molecule has 0 radical (unpaired) electrons. The lowest BCUT2D eigenvalue weighted by atomic mass is 9.87. The quantitative estimate of drug-likeness (QED) is 0.0552. The molecule has 2 aliphatic rings. The first-order chi connectivity index (χ1) is 31.8. The van der Waals surface area contributed by atoms with Crippen molar-refractivity contribution in [3.05, 3.63) is 137 Å². The highest BCUT2D eigenvalue weighted by Crippen LogP contribution is 2.35. The first kappa shape index (κ1) is 49.6. The fourth-order valence-corrected chi connectivity index (χ4v) is 11.2.